The molecule has 206 valence electrons. The largest absolute Gasteiger partial charge is 0.389 e. The van der Waals surface area contributed by atoms with Crippen LogP contribution in [0.4, 0.5) is 10.5 Å². The normalized spacial score (nSPS) is 15.0. The highest BCUT2D eigenvalue weighted by molar-refractivity contribution is 6.12. The van der Waals surface area contributed by atoms with Crippen molar-refractivity contribution in [2.24, 2.45) is 0 Å². The third-order valence-electron chi connectivity index (χ3n) is 6.59. The van der Waals surface area contributed by atoms with Gasteiger partial charge in [-0.05, 0) is 63.8 Å². The molecule has 0 saturated heterocycles. The Bertz CT molecular complexity index is 1270. The summed E-state index contributed by atoms with van der Waals surface area (Å²) in [6, 6.07) is 15.6. The van der Waals surface area contributed by atoms with Crippen LogP contribution in [0.1, 0.15) is 35.8 Å². The highest BCUT2D eigenvalue weighted by atomic mass is 16.2. The number of carbonyl (C=O) groups excluding carboxylic acids is 3. The molecule has 0 aromatic heterocycles. The van der Waals surface area contributed by atoms with Crippen LogP contribution in [-0.2, 0) is 4.79 Å². The quantitative estimate of drug-likeness (QED) is 0.193. The van der Waals surface area contributed by atoms with E-state index in [9.17, 15) is 14.4 Å². The van der Waals surface area contributed by atoms with E-state index in [1.54, 1.807) is 36.2 Å². The lowest BCUT2D eigenvalue weighted by atomic mass is 9.99. The SMILES string of the molecule is C=CC(=O)Nc1ccc(C(=O)NC(=N)C2=C(NC)C(C)(C)N(C(=O)N[C@H](CN(C)C)c3ccccc3)C2)cc1. The second-order valence-corrected chi connectivity index (χ2v) is 10.0. The topological polar surface area (TPSA) is 130 Å². The average Bonchev–Trinajstić information content (AvgIpc) is 3.18. The van der Waals surface area contributed by atoms with Gasteiger partial charge < -0.3 is 31.1 Å². The number of likely N-dealkylation sites (N-methyl/N-ethyl adjacent to an activating group) is 2. The van der Waals surface area contributed by atoms with Gasteiger partial charge in [-0.2, -0.15) is 0 Å². The zero-order valence-electron chi connectivity index (χ0n) is 23.1. The molecule has 0 unspecified atom stereocenters. The number of hydrogen-bond donors (Lipinski definition) is 5. The van der Waals surface area contributed by atoms with Gasteiger partial charge in [-0.3, -0.25) is 15.0 Å². The van der Waals surface area contributed by atoms with Gasteiger partial charge in [0.1, 0.15) is 5.84 Å². The van der Waals surface area contributed by atoms with Crippen molar-refractivity contribution in [1.29, 1.82) is 5.41 Å². The Hall–Kier alpha value is -4.44. The van der Waals surface area contributed by atoms with E-state index in [0.717, 1.165) is 11.6 Å². The molecule has 2 aromatic rings. The molecule has 0 bridgehead atoms. The third-order valence-corrected chi connectivity index (χ3v) is 6.59. The zero-order chi connectivity index (χ0) is 28.7. The average molecular weight is 532 g/mol. The Balaban J connectivity index is 1.75. The van der Waals surface area contributed by atoms with Crippen LogP contribution in [-0.4, -0.2) is 73.3 Å². The van der Waals surface area contributed by atoms with Gasteiger partial charge in [-0.25, -0.2) is 4.79 Å². The van der Waals surface area contributed by atoms with Gasteiger partial charge in [0, 0.05) is 36.1 Å². The number of carbonyl (C=O) groups is 3. The number of rotatable bonds is 9. The van der Waals surface area contributed by atoms with Crippen LogP contribution in [0.15, 0.2) is 78.5 Å². The molecule has 5 N–H and O–H groups in total. The molecule has 39 heavy (non-hydrogen) atoms. The molecular weight excluding hydrogens is 494 g/mol. The van der Waals surface area contributed by atoms with Crippen LogP contribution in [0.2, 0.25) is 0 Å². The Morgan fingerprint density at radius 3 is 2.31 bits per heavy atom. The summed E-state index contributed by atoms with van der Waals surface area (Å²) in [5, 5.41) is 20.2. The van der Waals surface area contributed by atoms with Gasteiger partial charge in [0.25, 0.3) is 5.91 Å². The Labute approximate surface area is 229 Å². The van der Waals surface area contributed by atoms with Crippen LogP contribution >= 0.6 is 0 Å². The highest BCUT2D eigenvalue weighted by Gasteiger charge is 2.44. The van der Waals surface area contributed by atoms with Gasteiger partial charge in [0.2, 0.25) is 5.91 Å². The molecule has 10 nitrogen and oxygen atoms in total. The van der Waals surface area contributed by atoms with E-state index in [1.807, 2.05) is 63.2 Å². The summed E-state index contributed by atoms with van der Waals surface area (Å²) >= 11 is 0. The Morgan fingerprint density at radius 1 is 1.10 bits per heavy atom. The summed E-state index contributed by atoms with van der Waals surface area (Å²) in [5.74, 6) is -0.917. The smallest absolute Gasteiger partial charge is 0.318 e. The number of amides is 4. The lowest BCUT2D eigenvalue weighted by molar-refractivity contribution is -0.111. The van der Waals surface area contributed by atoms with Gasteiger partial charge in [-0.15, -0.1) is 0 Å². The maximum atomic E-state index is 13.6. The summed E-state index contributed by atoms with van der Waals surface area (Å²) in [5.41, 5.74) is 2.28. The molecule has 2 aromatic carbocycles. The molecular formula is C29H37N7O3. The van der Waals surface area contributed by atoms with Crippen LogP contribution in [0.25, 0.3) is 0 Å². The van der Waals surface area contributed by atoms with Crippen molar-refractivity contribution in [2.75, 3.05) is 39.5 Å². The minimum absolute atomic E-state index is 0.0929. The minimum Gasteiger partial charge on any atom is -0.389 e. The van der Waals surface area contributed by atoms with Gasteiger partial charge in [-0.1, -0.05) is 36.9 Å². The van der Waals surface area contributed by atoms with Crippen LogP contribution in [0, 0.1) is 5.41 Å². The lowest BCUT2D eigenvalue weighted by Gasteiger charge is -2.35. The van der Waals surface area contributed by atoms with E-state index >= 15 is 0 Å². The fraction of sp³-hybridized carbons (Fsp3) is 0.310. The number of anilines is 1. The Kier molecular flexibility index (Phi) is 9.26. The summed E-state index contributed by atoms with van der Waals surface area (Å²) < 4.78 is 0. The van der Waals surface area contributed by atoms with E-state index in [2.05, 4.69) is 27.8 Å². The molecule has 0 fully saturated rings. The van der Waals surface area contributed by atoms with Gasteiger partial charge in [0.15, 0.2) is 0 Å². The van der Waals surface area contributed by atoms with Gasteiger partial charge in [0.05, 0.1) is 18.1 Å². The summed E-state index contributed by atoms with van der Waals surface area (Å²) in [4.78, 5) is 41.6. The van der Waals surface area contributed by atoms with Crippen LogP contribution < -0.4 is 21.3 Å². The third kappa shape index (κ3) is 6.91. The van der Waals surface area contributed by atoms with Crippen molar-refractivity contribution in [2.45, 2.75) is 25.4 Å². The molecule has 0 spiro atoms. The number of nitrogens with zero attached hydrogens (tertiary/aromatic N) is 2. The first kappa shape index (κ1) is 29.1. The predicted molar refractivity (Wildman–Crippen MR) is 154 cm³/mol. The van der Waals surface area contributed by atoms with E-state index in [-0.39, 0.29) is 30.4 Å². The van der Waals surface area contributed by atoms with E-state index in [4.69, 9.17) is 5.41 Å². The number of urea groups is 1. The minimum atomic E-state index is -0.754. The van der Waals surface area contributed by atoms with E-state index < -0.39 is 11.4 Å². The summed E-state index contributed by atoms with van der Waals surface area (Å²) in [6.07, 6.45) is 1.16. The monoisotopic (exact) mass is 531 g/mol. The summed E-state index contributed by atoms with van der Waals surface area (Å²) in [7, 11) is 5.65. The van der Waals surface area contributed by atoms with Crippen molar-refractivity contribution in [3.63, 3.8) is 0 Å². The standard InChI is InChI=1S/C29H37N7O3/c1-7-24(37)32-21-15-13-20(14-16-21)27(38)34-26(30)22-17-36(29(2,3)25(22)31-4)28(39)33-23(18-35(5)6)19-11-9-8-10-12-19/h7-16,23,31H,1,17-18H2,2-6H3,(H,32,37)(H,33,39)(H2,30,34,38)/t23-/m1/s1. The lowest BCUT2D eigenvalue weighted by Crippen LogP contribution is -2.52. The predicted octanol–water partition coefficient (Wildman–Crippen LogP) is 3.10. The van der Waals surface area contributed by atoms with Gasteiger partial charge >= 0.3 is 6.03 Å². The highest BCUT2D eigenvalue weighted by Crippen LogP contribution is 2.33. The molecule has 1 aliphatic heterocycles. The van der Waals surface area contributed by atoms with Crippen molar-refractivity contribution < 1.29 is 14.4 Å². The van der Waals surface area contributed by atoms with Crippen molar-refractivity contribution in [1.82, 2.24) is 25.8 Å². The van der Waals surface area contributed by atoms with Crippen molar-refractivity contribution >= 4 is 29.4 Å². The number of hydrogen-bond acceptors (Lipinski definition) is 6. The molecule has 1 heterocycles. The van der Waals surface area contributed by atoms with Crippen molar-refractivity contribution in [3.05, 3.63) is 89.6 Å². The first-order valence-corrected chi connectivity index (χ1v) is 12.6. The molecule has 4 amide bonds. The first-order chi connectivity index (χ1) is 18.5. The number of amidine groups is 1. The number of benzene rings is 2. The second kappa shape index (κ2) is 12.4. The summed E-state index contributed by atoms with van der Waals surface area (Å²) in [6.45, 7) is 7.98. The number of nitrogens with one attached hydrogen (secondary N) is 5. The maximum Gasteiger partial charge on any atom is 0.318 e. The molecule has 3 rings (SSSR count). The molecule has 0 aliphatic carbocycles. The second-order valence-electron chi connectivity index (χ2n) is 10.0. The maximum absolute atomic E-state index is 13.6. The zero-order valence-corrected chi connectivity index (χ0v) is 23.1. The molecule has 10 heteroatoms. The van der Waals surface area contributed by atoms with Crippen molar-refractivity contribution in [3.8, 4) is 0 Å². The molecule has 1 aliphatic rings. The molecule has 0 radical (unpaired) electrons. The van der Waals surface area contributed by atoms with Crippen LogP contribution in [0.3, 0.4) is 0 Å². The fourth-order valence-electron chi connectivity index (χ4n) is 4.60. The Morgan fingerprint density at radius 2 is 1.74 bits per heavy atom. The fourth-order valence-corrected chi connectivity index (χ4v) is 4.60. The van der Waals surface area contributed by atoms with Crippen LogP contribution in [0.5, 0.6) is 0 Å². The molecule has 0 saturated carbocycles. The first-order valence-electron chi connectivity index (χ1n) is 12.6. The van der Waals surface area contributed by atoms with E-state index in [1.165, 1.54) is 0 Å². The molecule has 1 atom stereocenters. The van der Waals surface area contributed by atoms with E-state index in [0.29, 0.717) is 29.1 Å².